The summed E-state index contributed by atoms with van der Waals surface area (Å²) in [4.78, 5) is 20.8. The maximum atomic E-state index is 13.3. The molecular formula is C24H20N2O2S. The number of ether oxygens (including phenoxy) is 1. The number of rotatable bonds is 6. The van der Waals surface area contributed by atoms with E-state index in [2.05, 4.69) is 0 Å². The Kier molecular flexibility index (Phi) is 5.40. The van der Waals surface area contributed by atoms with Gasteiger partial charge in [0.2, 0.25) is 5.78 Å². The highest BCUT2D eigenvalue weighted by Gasteiger charge is 2.22. The monoisotopic (exact) mass is 400 g/mol. The molecule has 0 saturated heterocycles. The molecule has 0 bridgehead atoms. The number of thiazole rings is 1. The van der Waals surface area contributed by atoms with E-state index in [-0.39, 0.29) is 5.78 Å². The quantitative estimate of drug-likeness (QED) is 0.383. The topological polar surface area (TPSA) is 42.4 Å². The summed E-state index contributed by atoms with van der Waals surface area (Å²) in [5.74, 6) is 0.676. The molecule has 0 saturated carbocycles. The van der Waals surface area contributed by atoms with Gasteiger partial charge in [-0.25, -0.2) is 4.98 Å². The molecular weight excluding hydrogens is 380 g/mol. The normalized spacial score (nSPS) is 10.6. The molecule has 0 aliphatic carbocycles. The summed E-state index contributed by atoms with van der Waals surface area (Å²) in [6.07, 6.45) is 0. The van der Waals surface area contributed by atoms with Crippen molar-refractivity contribution in [1.82, 2.24) is 4.98 Å². The Balaban J connectivity index is 1.78. The molecule has 1 aromatic heterocycles. The average molecular weight is 401 g/mol. The highest BCUT2D eigenvalue weighted by atomic mass is 32.1. The lowest BCUT2D eigenvalue weighted by atomic mass is 10.0. The Morgan fingerprint density at radius 3 is 2.14 bits per heavy atom. The summed E-state index contributed by atoms with van der Waals surface area (Å²) >= 11 is 1.40. The first kappa shape index (κ1) is 18.9. The average Bonchev–Trinajstić information content (AvgIpc) is 3.25. The van der Waals surface area contributed by atoms with Crippen LogP contribution in [0.25, 0.3) is 11.3 Å². The van der Waals surface area contributed by atoms with Crippen LogP contribution >= 0.6 is 11.3 Å². The molecule has 0 fully saturated rings. The first-order chi connectivity index (χ1) is 14.2. The molecule has 0 atom stereocenters. The van der Waals surface area contributed by atoms with Gasteiger partial charge in [-0.05, 0) is 36.4 Å². The minimum absolute atomic E-state index is 0.0447. The van der Waals surface area contributed by atoms with Crippen molar-refractivity contribution in [3.63, 3.8) is 0 Å². The van der Waals surface area contributed by atoms with Crippen molar-refractivity contribution in [2.75, 3.05) is 19.1 Å². The number of hydrogen-bond donors (Lipinski definition) is 0. The number of anilines is 2. The van der Waals surface area contributed by atoms with Gasteiger partial charge in [0.1, 0.15) is 10.6 Å². The summed E-state index contributed by atoms with van der Waals surface area (Å²) in [6, 6.07) is 27.0. The van der Waals surface area contributed by atoms with E-state index in [1.165, 1.54) is 11.3 Å². The van der Waals surface area contributed by atoms with Gasteiger partial charge in [0.15, 0.2) is 5.13 Å². The highest BCUT2D eigenvalue weighted by Crippen LogP contribution is 2.36. The third-order valence-electron chi connectivity index (χ3n) is 4.65. The SMILES string of the molecule is COc1ccc(C(=O)c2sc(N(C)c3ccccc3)nc2-c2ccccc2)cc1. The number of benzene rings is 3. The van der Waals surface area contributed by atoms with Gasteiger partial charge in [-0.15, -0.1) is 0 Å². The fourth-order valence-corrected chi connectivity index (χ4v) is 4.07. The molecule has 0 aliphatic rings. The number of nitrogens with zero attached hydrogens (tertiary/aromatic N) is 2. The number of para-hydroxylation sites is 1. The van der Waals surface area contributed by atoms with E-state index in [4.69, 9.17) is 9.72 Å². The van der Waals surface area contributed by atoms with Crippen LogP contribution in [-0.4, -0.2) is 24.9 Å². The Labute approximate surface area is 174 Å². The number of carbonyl (C=O) groups excluding carboxylic acids is 1. The summed E-state index contributed by atoms with van der Waals surface area (Å²) in [7, 11) is 3.57. The van der Waals surface area contributed by atoms with E-state index >= 15 is 0 Å². The molecule has 4 nitrogen and oxygen atoms in total. The Hall–Kier alpha value is -3.44. The highest BCUT2D eigenvalue weighted by molar-refractivity contribution is 7.18. The largest absolute Gasteiger partial charge is 0.497 e. The number of hydrogen-bond acceptors (Lipinski definition) is 5. The molecule has 4 aromatic rings. The number of aromatic nitrogens is 1. The van der Waals surface area contributed by atoms with Gasteiger partial charge < -0.3 is 9.64 Å². The predicted octanol–water partition coefficient (Wildman–Crippen LogP) is 5.82. The molecule has 0 radical (unpaired) electrons. The fourth-order valence-electron chi connectivity index (χ4n) is 3.03. The summed E-state index contributed by atoms with van der Waals surface area (Å²) in [5.41, 5.74) is 3.26. The molecule has 0 unspecified atom stereocenters. The smallest absolute Gasteiger partial charge is 0.205 e. The van der Waals surface area contributed by atoms with E-state index in [9.17, 15) is 4.79 Å². The van der Waals surface area contributed by atoms with Crippen LogP contribution in [0.4, 0.5) is 10.8 Å². The number of carbonyl (C=O) groups is 1. The molecule has 1 heterocycles. The van der Waals surface area contributed by atoms with Crippen molar-refractivity contribution in [1.29, 1.82) is 0 Å². The first-order valence-corrected chi connectivity index (χ1v) is 10.0. The third kappa shape index (κ3) is 3.91. The fraction of sp³-hybridized carbons (Fsp3) is 0.0833. The van der Waals surface area contributed by atoms with Crippen molar-refractivity contribution in [3.8, 4) is 17.0 Å². The maximum absolute atomic E-state index is 13.3. The molecule has 144 valence electrons. The van der Waals surface area contributed by atoms with Crippen LogP contribution in [0.1, 0.15) is 15.2 Å². The van der Waals surface area contributed by atoms with E-state index < -0.39 is 0 Å². The van der Waals surface area contributed by atoms with Crippen LogP contribution in [0.15, 0.2) is 84.9 Å². The van der Waals surface area contributed by atoms with E-state index in [1.54, 1.807) is 31.4 Å². The van der Waals surface area contributed by atoms with Gasteiger partial charge >= 0.3 is 0 Å². The van der Waals surface area contributed by atoms with Crippen LogP contribution in [0.3, 0.4) is 0 Å². The summed E-state index contributed by atoms with van der Waals surface area (Å²) in [5, 5.41) is 0.770. The van der Waals surface area contributed by atoms with Gasteiger partial charge in [0.05, 0.1) is 12.8 Å². The first-order valence-electron chi connectivity index (χ1n) is 9.21. The second kappa shape index (κ2) is 8.29. The Bertz CT molecular complexity index is 1110. The summed E-state index contributed by atoms with van der Waals surface area (Å²) in [6.45, 7) is 0. The van der Waals surface area contributed by atoms with Crippen LogP contribution in [0.5, 0.6) is 5.75 Å². The Morgan fingerprint density at radius 2 is 1.52 bits per heavy atom. The molecule has 0 aliphatic heterocycles. The molecule has 0 N–H and O–H groups in total. The van der Waals surface area contributed by atoms with Gasteiger partial charge in [0.25, 0.3) is 0 Å². The molecule has 4 rings (SSSR count). The van der Waals surface area contributed by atoms with Gasteiger partial charge in [-0.2, -0.15) is 0 Å². The van der Waals surface area contributed by atoms with Crippen LogP contribution in [-0.2, 0) is 0 Å². The molecule has 29 heavy (non-hydrogen) atoms. The molecule has 0 spiro atoms. The lowest BCUT2D eigenvalue weighted by Crippen LogP contribution is -2.08. The van der Waals surface area contributed by atoms with Crippen molar-refractivity contribution in [2.24, 2.45) is 0 Å². The third-order valence-corrected chi connectivity index (χ3v) is 5.78. The van der Waals surface area contributed by atoms with Crippen molar-refractivity contribution < 1.29 is 9.53 Å². The van der Waals surface area contributed by atoms with E-state index in [0.717, 1.165) is 22.1 Å². The van der Waals surface area contributed by atoms with Crippen LogP contribution in [0, 0.1) is 0 Å². The lowest BCUT2D eigenvalue weighted by molar-refractivity contribution is 0.104. The standard InChI is InChI=1S/C24H20N2O2S/c1-26(19-11-7-4-8-12-19)24-25-21(17-9-5-3-6-10-17)23(29-24)22(27)18-13-15-20(28-2)16-14-18/h3-16H,1-2H3. The van der Waals surface area contributed by atoms with E-state index in [0.29, 0.717) is 16.1 Å². The maximum Gasteiger partial charge on any atom is 0.205 e. The molecule has 3 aromatic carbocycles. The van der Waals surface area contributed by atoms with Gasteiger partial charge in [0, 0.05) is 23.9 Å². The lowest BCUT2D eigenvalue weighted by Gasteiger charge is -2.15. The van der Waals surface area contributed by atoms with Crippen LogP contribution in [0.2, 0.25) is 0 Å². The van der Waals surface area contributed by atoms with Gasteiger partial charge in [-0.1, -0.05) is 59.9 Å². The number of methoxy groups -OCH3 is 1. The second-order valence-electron chi connectivity index (χ2n) is 6.49. The van der Waals surface area contributed by atoms with Crippen LogP contribution < -0.4 is 9.64 Å². The van der Waals surface area contributed by atoms with Gasteiger partial charge in [-0.3, -0.25) is 4.79 Å². The van der Waals surface area contributed by atoms with Crippen molar-refractivity contribution in [2.45, 2.75) is 0 Å². The zero-order valence-electron chi connectivity index (χ0n) is 16.2. The molecule has 0 amide bonds. The predicted molar refractivity (Wildman–Crippen MR) is 118 cm³/mol. The van der Waals surface area contributed by atoms with E-state index in [1.807, 2.05) is 72.6 Å². The molecule has 5 heteroatoms. The van der Waals surface area contributed by atoms with Crippen molar-refractivity contribution >= 4 is 27.9 Å². The van der Waals surface area contributed by atoms with Crippen molar-refractivity contribution in [3.05, 3.63) is 95.4 Å². The number of ketones is 1. The minimum atomic E-state index is -0.0447. The summed E-state index contributed by atoms with van der Waals surface area (Å²) < 4.78 is 5.20. The zero-order chi connectivity index (χ0) is 20.2. The Morgan fingerprint density at radius 1 is 0.897 bits per heavy atom. The second-order valence-corrected chi connectivity index (χ2v) is 7.47. The zero-order valence-corrected chi connectivity index (χ0v) is 17.0. The minimum Gasteiger partial charge on any atom is -0.497 e.